The standard InChI is InChI=1S/C86H134N3O22P/c1-14-16-18-20-22-24-26-28-30-32-34-36-44-50-65(64(58-105-112(101,102)104-55-54-89(11,12)13)87-69(92)51-45-37-35-33-31-29-27-25-23-21-19-17-15-2)106-70(93)52-53-71(94)108-75(73(62-46-40-38-41-47-62)88-81(99)111-82(5,6)7)80(98)107-66-57-86(100)78(109-79(97)63-48-42-39-43-49-63)76-84(10,77(96)74(95)72(60(66)3)83(86,8)9)67(91)56-68-85(76,59-103-68)110-61(4)90/h38-44,46-50,64-68,73-76,78,91,95,100H,14-37,45,51-59H2,1-13H3,(H2-,87,88,92,99,101,102)/b50-44+/t64-,65+,66-,67-,68+,73-,74+,75+,76-,78-,84+,85-,86+/m0/s1. The van der Waals surface area contributed by atoms with Gasteiger partial charge in [0.2, 0.25) is 12.0 Å². The van der Waals surface area contributed by atoms with Crippen molar-refractivity contribution in [2.75, 3.05) is 47.5 Å². The molecule has 3 fully saturated rings. The van der Waals surface area contributed by atoms with Crippen LogP contribution in [-0.4, -0.2) is 181 Å². The predicted octanol–water partition coefficient (Wildman–Crippen LogP) is 13.9. The number of ketones is 1. The van der Waals surface area contributed by atoms with Gasteiger partial charge in [-0.25, -0.2) is 14.4 Å². The molecule has 0 aromatic heterocycles. The molecule has 1 aliphatic heterocycles. The molecule has 3 aliphatic carbocycles. The highest BCUT2D eigenvalue weighted by Crippen LogP contribution is 2.64. The Bertz CT molecular complexity index is 3450. The summed E-state index contributed by atoms with van der Waals surface area (Å²) in [6, 6.07) is 12.6. The van der Waals surface area contributed by atoms with Gasteiger partial charge in [0, 0.05) is 31.6 Å². The van der Waals surface area contributed by atoms with Gasteiger partial charge < -0.3 is 77.5 Å². The third-order valence-electron chi connectivity index (χ3n) is 22.6. The molecule has 25 nitrogen and oxygen atoms in total. The summed E-state index contributed by atoms with van der Waals surface area (Å²) in [6.07, 6.45) is 14.8. The van der Waals surface area contributed by atoms with Gasteiger partial charge in [-0.2, -0.15) is 0 Å². The van der Waals surface area contributed by atoms with Gasteiger partial charge in [0.05, 0.1) is 76.2 Å². The van der Waals surface area contributed by atoms with Gasteiger partial charge in [-0.3, -0.25) is 28.5 Å². The zero-order valence-corrected chi connectivity index (χ0v) is 70.1. The monoisotopic (exact) mass is 1590 g/mol. The number of phosphoric ester groups is 1. The molecule has 2 bridgehead atoms. The number of nitrogens with zero attached hydrogens (tertiary/aromatic N) is 1. The Morgan fingerprint density at radius 2 is 1.24 bits per heavy atom. The first-order valence-electron chi connectivity index (χ1n) is 41.4. The van der Waals surface area contributed by atoms with Crippen molar-refractivity contribution in [2.45, 2.75) is 333 Å². The van der Waals surface area contributed by atoms with Gasteiger partial charge in [0.15, 0.2) is 11.4 Å². The number of amides is 2. The van der Waals surface area contributed by atoms with Gasteiger partial charge in [-0.1, -0.05) is 224 Å². The van der Waals surface area contributed by atoms with Gasteiger partial charge >= 0.3 is 35.9 Å². The number of esters is 5. The van der Waals surface area contributed by atoms with Gasteiger partial charge in [0.1, 0.15) is 60.9 Å². The number of allylic oxidation sites excluding steroid dienone is 1. The Hall–Kier alpha value is -6.41. The molecular weight excluding hydrogens is 1460 g/mol. The number of ether oxygens (including phenoxy) is 7. The maximum Gasteiger partial charge on any atom is 0.408 e. The zero-order chi connectivity index (χ0) is 82.5. The summed E-state index contributed by atoms with van der Waals surface area (Å²) < 4.78 is 67.6. The number of fused-ring (bicyclic) bond motifs is 5. The Balaban J connectivity index is 1.33. The molecule has 1 saturated heterocycles. The number of hydrogen-bond donors (Lipinski definition) is 5. The van der Waals surface area contributed by atoms with E-state index in [1.165, 1.54) is 135 Å². The van der Waals surface area contributed by atoms with Gasteiger partial charge in [-0.15, -0.1) is 0 Å². The smallest absolute Gasteiger partial charge is 0.408 e. The maximum absolute atomic E-state index is 15.7. The Morgan fingerprint density at radius 1 is 0.714 bits per heavy atom. The van der Waals surface area contributed by atoms with E-state index in [9.17, 15) is 53.5 Å². The fourth-order valence-electron chi connectivity index (χ4n) is 16.1. The normalized spacial score (nSPS) is 24.4. The van der Waals surface area contributed by atoms with Crippen molar-refractivity contribution in [3.8, 4) is 0 Å². The molecule has 2 aromatic rings. The van der Waals surface area contributed by atoms with Crippen LogP contribution in [0.5, 0.6) is 0 Å². The van der Waals surface area contributed by atoms with E-state index >= 15 is 9.59 Å². The van der Waals surface area contributed by atoms with Crippen LogP contribution in [-0.2, 0) is 75.5 Å². The summed E-state index contributed by atoms with van der Waals surface area (Å²) in [5, 5.41) is 44.6. The number of unbranched alkanes of at least 4 members (excludes halogenated alkanes) is 23. The van der Waals surface area contributed by atoms with E-state index in [4.69, 9.17) is 42.2 Å². The molecule has 0 radical (unpaired) electrons. The highest BCUT2D eigenvalue weighted by atomic mass is 31.2. The van der Waals surface area contributed by atoms with Crippen LogP contribution >= 0.6 is 7.82 Å². The average molecular weight is 1590 g/mol. The van der Waals surface area contributed by atoms with Crippen LogP contribution in [0.15, 0.2) is 84.0 Å². The van der Waals surface area contributed by atoms with Crippen LogP contribution in [0, 0.1) is 16.7 Å². The SMILES string of the molecule is CCCCCCCCCCCCC/C=C/[C@@H](OC(=O)CCC(=O)O[C@@H](C(=O)O[C@H]1C[C@@]2(O)[C@@H](OC(=O)c3ccccc3)[C@@H]3[C@]4(OC(C)=O)CO[C@@H]4C[C@H](O)[C@@]3(C)C(=O)[C@H](O)C(=C1C)C2(C)C)[C@@H](NC(=O)OC(C)(C)C)c1ccccc1)[C@H](COP(=O)([O-])OCC[N+](C)(C)C)NC(=O)CCCCCCCCCCCCCCC. The van der Waals surface area contributed by atoms with E-state index in [0.29, 0.717) is 23.9 Å². The molecule has 14 atom stereocenters. The number of benzene rings is 2. The molecule has 4 aliphatic rings. The molecule has 630 valence electrons. The van der Waals surface area contributed by atoms with Crippen molar-refractivity contribution in [1.82, 2.24) is 10.6 Å². The van der Waals surface area contributed by atoms with Crippen molar-refractivity contribution in [3.63, 3.8) is 0 Å². The number of phosphoric acid groups is 1. The van der Waals surface area contributed by atoms with Crippen LogP contribution in [0.2, 0.25) is 0 Å². The number of Topliss-reactive ketones (excluding diaryl/α,β-unsaturated/α-hetero) is 1. The first-order chi connectivity index (χ1) is 52.9. The summed E-state index contributed by atoms with van der Waals surface area (Å²) in [7, 11) is 0.569. The summed E-state index contributed by atoms with van der Waals surface area (Å²) in [5.41, 5.74) is -9.46. The first-order valence-corrected chi connectivity index (χ1v) is 42.8. The summed E-state index contributed by atoms with van der Waals surface area (Å²) in [6.45, 7) is 15.2. The van der Waals surface area contributed by atoms with Crippen LogP contribution in [0.3, 0.4) is 0 Å². The largest absolute Gasteiger partial charge is 0.756 e. The molecule has 5 N–H and O–H groups in total. The lowest BCUT2D eigenvalue weighted by Crippen LogP contribution is -2.81. The van der Waals surface area contributed by atoms with Crippen molar-refractivity contribution in [3.05, 3.63) is 95.1 Å². The Labute approximate surface area is 665 Å². The predicted molar refractivity (Wildman–Crippen MR) is 421 cm³/mol. The molecule has 26 heteroatoms. The quantitative estimate of drug-likeness (QED) is 0.0103. The minimum absolute atomic E-state index is 0.00634. The molecule has 112 heavy (non-hydrogen) atoms. The molecule has 6 rings (SSSR count). The average Bonchev–Trinajstić information content (AvgIpc) is 0.670. The molecule has 2 amide bonds. The molecular formula is C86H134N3O22P. The number of carbonyl (C=O) groups is 8. The van der Waals surface area contributed by atoms with Crippen molar-refractivity contribution in [1.29, 1.82) is 0 Å². The number of rotatable bonds is 49. The topological polar surface area (TPSA) is 345 Å². The summed E-state index contributed by atoms with van der Waals surface area (Å²) >= 11 is 0. The Morgan fingerprint density at radius 3 is 1.76 bits per heavy atom. The summed E-state index contributed by atoms with van der Waals surface area (Å²) in [4.78, 5) is 130. The zero-order valence-electron chi connectivity index (χ0n) is 69.2. The molecule has 2 aromatic carbocycles. The number of carbonyl (C=O) groups excluding carboxylic acids is 8. The molecule has 0 spiro atoms. The highest BCUT2D eigenvalue weighted by Gasteiger charge is 2.78. The van der Waals surface area contributed by atoms with E-state index in [1.54, 1.807) is 69.3 Å². The van der Waals surface area contributed by atoms with Gasteiger partial charge in [0.25, 0.3) is 7.82 Å². The molecule has 1 unspecified atom stereocenters. The number of aliphatic hydroxyl groups excluding tert-OH is 2. The second kappa shape index (κ2) is 44.6. The molecule has 2 saturated carbocycles. The Kier molecular flexibility index (Phi) is 37.6. The number of alkyl carbamates (subject to hydrolysis) is 1. The second-order valence-corrected chi connectivity index (χ2v) is 35.4. The molecule has 1 heterocycles. The summed E-state index contributed by atoms with van der Waals surface area (Å²) in [5.74, 6) is -8.55. The van der Waals surface area contributed by atoms with Crippen LogP contribution in [0.25, 0.3) is 0 Å². The van der Waals surface area contributed by atoms with E-state index < -0.39 is 170 Å². The van der Waals surface area contributed by atoms with Crippen molar-refractivity contribution >= 4 is 55.5 Å². The fourth-order valence-corrected chi connectivity index (χ4v) is 16.8. The van der Waals surface area contributed by atoms with Crippen LogP contribution in [0.1, 0.15) is 284 Å². The van der Waals surface area contributed by atoms with Gasteiger partial charge in [-0.05, 0) is 88.8 Å². The minimum atomic E-state index is -5.03. The van der Waals surface area contributed by atoms with E-state index in [-0.39, 0.29) is 48.3 Å². The number of hydrogen-bond acceptors (Lipinski definition) is 22. The van der Waals surface area contributed by atoms with E-state index in [2.05, 4.69) is 24.5 Å². The van der Waals surface area contributed by atoms with Crippen LogP contribution in [0.4, 0.5) is 4.79 Å². The first kappa shape index (κ1) is 94.4. The lowest BCUT2D eigenvalue weighted by Gasteiger charge is -2.67. The fraction of sp³-hybridized carbons (Fsp3) is 0.721. The minimum Gasteiger partial charge on any atom is -0.756 e. The lowest BCUT2D eigenvalue weighted by molar-refractivity contribution is -0.870. The highest BCUT2D eigenvalue weighted by molar-refractivity contribution is 7.45. The number of aliphatic hydroxyl groups is 3. The maximum atomic E-state index is 15.7. The number of likely N-dealkylation sites (N-methyl/N-ethyl adjacent to an activating group) is 1. The lowest BCUT2D eigenvalue weighted by atomic mass is 9.44. The third-order valence-corrected chi connectivity index (χ3v) is 23.5. The van der Waals surface area contributed by atoms with Crippen molar-refractivity contribution < 1.29 is 110 Å². The second-order valence-electron chi connectivity index (χ2n) is 34.0. The van der Waals surface area contributed by atoms with E-state index in [0.717, 1.165) is 71.1 Å². The number of nitrogens with one attached hydrogen (secondary N) is 2. The van der Waals surface area contributed by atoms with E-state index in [1.807, 2.05) is 21.1 Å². The third kappa shape index (κ3) is 27.6. The van der Waals surface area contributed by atoms with Crippen LogP contribution < -0.4 is 15.5 Å². The number of quaternary nitrogens is 1. The van der Waals surface area contributed by atoms with Crippen molar-refractivity contribution in [2.24, 2.45) is 16.7 Å².